The van der Waals surface area contributed by atoms with Crippen LogP contribution in [-0.2, 0) is 11.3 Å². The van der Waals surface area contributed by atoms with Gasteiger partial charge in [0.2, 0.25) is 5.91 Å². The van der Waals surface area contributed by atoms with Crippen LogP contribution in [0.1, 0.15) is 31.2 Å². The fraction of sp³-hybridized carbons (Fsp3) is 0.632. The van der Waals surface area contributed by atoms with Crippen molar-refractivity contribution in [3.8, 4) is 5.75 Å². The second-order valence-electron chi connectivity index (χ2n) is 6.81. The van der Waals surface area contributed by atoms with E-state index in [1.54, 1.807) is 0 Å². The Balaban J connectivity index is 1.67. The number of hydrogen-bond donors (Lipinski definition) is 2. The molecule has 0 bridgehead atoms. The quantitative estimate of drug-likeness (QED) is 0.726. The van der Waals surface area contributed by atoms with E-state index in [1.165, 1.54) is 12.8 Å². The van der Waals surface area contributed by atoms with Gasteiger partial charge in [0.25, 0.3) is 0 Å². The molecule has 5 nitrogen and oxygen atoms in total. The van der Waals surface area contributed by atoms with Gasteiger partial charge in [-0.3, -0.25) is 4.79 Å². The first kappa shape index (κ1) is 18.7. The van der Waals surface area contributed by atoms with Crippen molar-refractivity contribution in [1.82, 2.24) is 15.5 Å². The van der Waals surface area contributed by atoms with Gasteiger partial charge in [-0.1, -0.05) is 12.1 Å². The minimum atomic E-state index is 0.146. The van der Waals surface area contributed by atoms with Gasteiger partial charge < -0.3 is 20.3 Å². The molecule has 2 N–H and O–H groups in total. The van der Waals surface area contributed by atoms with E-state index in [0.29, 0.717) is 25.5 Å². The van der Waals surface area contributed by atoms with Crippen LogP contribution in [0.4, 0.5) is 0 Å². The fourth-order valence-corrected chi connectivity index (χ4v) is 2.89. The number of piperidine rings is 1. The average molecular weight is 333 g/mol. The van der Waals surface area contributed by atoms with E-state index in [9.17, 15) is 4.79 Å². The monoisotopic (exact) mass is 333 g/mol. The molecule has 1 aliphatic rings. The van der Waals surface area contributed by atoms with Crippen molar-refractivity contribution in [1.29, 1.82) is 0 Å². The molecule has 0 unspecified atom stereocenters. The lowest BCUT2D eigenvalue weighted by atomic mass is 9.93. The van der Waals surface area contributed by atoms with Crippen LogP contribution < -0.4 is 15.4 Å². The van der Waals surface area contributed by atoms with Crippen LogP contribution in [0.15, 0.2) is 24.3 Å². The van der Waals surface area contributed by atoms with Crippen molar-refractivity contribution in [3.05, 3.63) is 29.8 Å². The molecule has 24 heavy (non-hydrogen) atoms. The van der Waals surface area contributed by atoms with Gasteiger partial charge in [-0.2, -0.15) is 0 Å². The minimum Gasteiger partial charge on any atom is -0.492 e. The number of amides is 1. The van der Waals surface area contributed by atoms with Crippen LogP contribution >= 0.6 is 0 Å². The maximum atomic E-state index is 12.0. The van der Waals surface area contributed by atoms with Gasteiger partial charge in [-0.15, -0.1) is 0 Å². The molecule has 1 heterocycles. The molecule has 1 saturated heterocycles. The van der Waals surface area contributed by atoms with E-state index in [2.05, 4.69) is 15.5 Å². The first-order valence-corrected chi connectivity index (χ1v) is 8.97. The van der Waals surface area contributed by atoms with Gasteiger partial charge in [0.15, 0.2) is 0 Å². The molecule has 1 aromatic carbocycles. The molecule has 0 saturated carbocycles. The number of nitrogens with one attached hydrogen (secondary N) is 2. The third kappa shape index (κ3) is 7.32. The van der Waals surface area contributed by atoms with Gasteiger partial charge in [0, 0.05) is 19.5 Å². The van der Waals surface area contributed by atoms with E-state index >= 15 is 0 Å². The Morgan fingerprint density at radius 3 is 2.88 bits per heavy atom. The summed E-state index contributed by atoms with van der Waals surface area (Å²) in [6, 6.07) is 7.95. The molecule has 2 rings (SSSR count). The molecule has 0 aliphatic carbocycles. The van der Waals surface area contributed by atoms with Crippen LogP contribution in [0.3, 0.4) is 0 Å². The Kier molecular flexibility index (Phi) is 8.05. The molecule has 0 atom stereocenters. The smallest absolute Gasteiger partial charge is 0.220 e. The summed E-state index contributed by atoms with van der Waals surface area (Å²) in [6.07, 6.45) is 4.02. The Bertz CT molecular complexity index is 499. The number of ether oxygens (including phenoxy) is 1. The number of hydrogen-bond acceptors (Lipinski definition) is 4. The molecule has 5 heteroatoms. The van der Waals surface area contributed by atoms with Crippen LogP contribution in [0.2, 0.25) is 0 Å². The first-order chi connectivity index (χ1) is 11.6. The zero-order chi connectivity index (χ0) is 17.2. The van der Waals surface area contributed by atoms with Crippen LogP contribution in [0.25, 0.3) is 0 Å². The molecule has 1 aliphatic heterocycles. The molecule has 1 fully saturated rings. The highest BCUT2D eigenvalue weighted by Crippen LogP contribution is 2.17. The zero-order valence-electron chi connectivity index (χ0n) is 15.0. The minimum absolute atomic E-state index is 0.146. The summed E-state index contributed by atoms with van der Waals surface area (Å²) >= 11 is 0. The second-order valence-corrected chi connectivity index (χ2v) is 6.81. The van der Waals surface area contributed by atoms with Crippen LogP contribution in [0.5, 0.6) is 5.75 Å². The van der Waals surface area contributed by atoms with E-state index in [1.807, 2.05) is 38.4 Å². The van der Waals surface area contributed by atoms with Crippen molar-refractivity contribution in [2.45, 2.75) is 32.2 Å². The molecule has 0 spiro atoms. The largest absolute Gasteiger partial charge is 0.492 e. The Hall–Kier alpha value is -1.59. The van der Waals surface area contributed by atoms with E-state index in [-0.39, 0.29) is 5.91 Å². The Morgan fingerprint density at radius 1 is 1.33 bits per heavy atom. The third-order valence-corrected chi connectivity index (χ3v) is 4.43. The van der Waals surface area contributed by atoms with E-state index < -0.39 is 0 Å². The molecule has 1 amide bonds. The molecular formula is C19H31N3O2. The van der Waals surface area contributed by atoms with E-state index in [0.717, 1.165) is 37.4 Å². The highest BCUT2D eigenvalue weighted by Gasteiger charge is 2.14. The zero-order valence-corrected chi connectivity index (χ0v) is 15.0. The molecule has 0 radical (unpaired) electrons. The number of nitrogens with zero attached hydrogens (tertiary/aromatic N) is 1. The Morgan fingerprint density at radius 2 is 2.12 bits per heavy atom. The lowest BCUT2D eigenvalue weighted by Crippen LogP contribution is -2.29. The van der Waals surface area contributed by atoms with Crippen LogP contribution in [-0.4, -0.2) is 51.1 Å². The predicted molar refractivity (Wildman–Crippen MR) is 97.2 cm³/mol. The van der Waals surface area contributed by atoms with Crippen LogP contribution in [0, 0.1) is 5.92 Å². The summed E-state index contributed by atoms with van der Waals surface area (Å²) in [5, 5.41) is 6.38. The lowest BCUT2D eigenvalue weighted by molar-refractivity contribution is -0.121. The molecular weight excluding hydrogens is 302 g/mol. The standard InChI is InChI=1S/C19H31N3O2/c1-22(2)12-13-24-18-5-3-4-17(14-18)15-21-19(23)7-6-16-8-10-20-11-9-16/h3-5,14,16,20H,6-13,15H2,1-2H3,(H,21,23). The molecule has 1 aromatic rings. The van der Waals surface area contributed by atoms with Crippen molar-refractivity contribution in [3.63, 3.8) is 0 Å². The van der Waals surface area contributed by atoms with E-state index in [4.69, 9.17) is 4.74 Å². The normalized spacial score (nSPS) is 15.5. The first-order valence-electron chi connectivity index (χ1n) is 8.97. The summed E-state index contributed by atoms with van der Waals surface area (Å²) in [6.45, 7) is 4.30. The van der Waals surface area contributed by atoms with Crippen molar-refractivity contribution in [2.75, 3.05) is 40.3 Å². The van der Waals surface area contributed by atoms with Crippen molar-refractivity contribution < 1.29 is 9.53 Å². The topological polar surface area (TPSA) is 53.6 Å². The molecule has 134 valence electrons. The van der Waals surface area contributed by atoms with Gasteiger partial charge in [-0.25, -0.2) is 0 Å². The lowest BCUT2D eigenvalue weighted by Gasteiger charge is -2.22. The summed E-state index contributed by atoms with van der Waals surface area (Å²) in [4.78, 5) is 14.1. The summed E-state index contributed by atoms with van der Waals surface area (Å²) < 4.78 is 5.73. The van der Waals surface area contributed by atoms with Gasteiger partial charge in [0.1, 0.15) is 12.4 Å². The maximum absolute atomic E-state index is 12.0. The van der Waals surface area contributed by atoms with Crippen molar-refractivity contribution >= 4 is 5.91 Å². The summed E-state index contributed by atoms with van der Waals surface area (Å²) in [5.74, 6) is 1.70. The third-order valence-electron chi connectivity index (χ3n) is 4.43. The fourth-order valence-electron chi connectivity index (χ4n) is 2.89. The molecule has 0 aromatic heterocycles. The van der Waals surface area contributed by atoms with Gasteiger partial charge >= 0.3 is 0 Å². The number of carbonyl (C=O) groups excluding carboxylic acids is 1. The average Bonchev–Trinajstić information content (AvgIpc) is 2.59. The maximum Gasteiger partial charge on any atom is 0.220 e. The number of carbonyl (C=O) groups is 1. The highest BCUT2D eigenvalue weighted by molar-refractivity contribution is 5.75. The summed E-state index contributed by atoms with van der Waals surface area (Å²) in [5.41, 5.74) is 1.08. The second kappa shape index (κ2) is 10.3. The van der Waals surface area contributed by atoms with Gasteiger partial charge in [0.05, 0.1) is 0 Å². The Labute approximate surface area is 145 Å². The number of benzene rings is 1. The SMILES string of the molecule is CN(C)CCOc1cccc(CNC(=O)CCC2CCNCC2)c1. The predicted octanol–water partition coefficient (Wildman–Crippen LogP) is 2.02. The number of likely N-dealkylation sites (N-methyl/N-ethyl adjacent to an activating group) is 1. The highest BCUT2D eigenvalue weighted by atomic mass is 16.5. The van der Waals surface area contributed by atoms with Gasteiger partial charge in [-0.05, 0) is 70.1 Å². The summed E-state index contributed by atoms with van der Waals surface area (Å²) in [7, 11) is 4.05. The number of rotatable bonds is 9. The van der Waals surface area contributed by atoms with Crippen molar-refractivity contribution in [2.24, 2.45) is 5.92 Å².